The second kappa shape index (κ2) is 6.08. The van der Waals surface area contributed by atoms with E-state index in [1.165, 1.54) is 6.07 Å². The highest BCUT2D eigenvalue weighted by atomic mass is 16.4. The van der Waals surface area contributed by atoms with Crippen LogP contribution in [0.2, 0.25) is 0 Å². The summed E-state index contributed by atoms with van der Waals surface area (Å²) in [4.78, 5) is 27.4. The lowest BCUT2D eigenvalue weighted by molar-refractivity contribution is 0.0691. The topological polar surface area (TPSA) is 105 Å². The third kappa shape index (κ3) is 3.01. The number of amides is 1. The van der Waals surface area contributed by atoms with Gasteiger partial charge in [0.25, 0.3) is 0 Å². The molecule has 1 aromatic heterocycles. The number of anilines is 1. The van der Waals surface area contributed by atoms with Crippen LogP contribution >= 0.6 is 0 Å². The SMILES string of the molecule is NC(=O)c1c(C(=O)O)ccc2c1CC(Nc1ccccn1)CC2. The van der Waals surface area contributed by atoms with Gasteiger partial charge in [0.2, 0.25) is 5.91 Å². The number of nitrogens with two attached hydrogens (primary N) is 1. The fourth-order valence-electron chi connectivity index (χ4n) is 3.08. The Morgan fingerprint density at radius 2 is 2.09 bits per heavy atom. The zero-order chi connectivity index (χ0) is 16.4. The Hall–Kier alpha value is -2.89. The number of carbonyl (C=O) groups is 2. The number of hydrogen-bond donors (Lipinski definition) is 3. The van der Waals surface area contributed by atoms with Crippen molar-refractivity contribution in [3.63, 3.8) is 0 Å². The van der Waals surface area contributed by atoms with E-state index in [0.717, 1.165) is 29.8 Å². The molecule has 0 saturated heterocycles. The second-order valence-electron chi connectivity index (χ2n) is 5.59. The predicted molar refractivity (Wildman–Crippen MR) is 85.6 cm³/mol. The minimum absolute atomic E-state index is 0.0327. The normalized spacial score (nSPS) is 16.4. The van der Waals surface area contributed by atoms with Gasteiger partial charge >= 0.3 is 5.97 Å². The van der Waals surface area contributed by atoms with Crippen LogP contribution in [0.1, 0.15) is 38.3 Å². The first-order chi connectivity index (χ1) is 11.1. The lowest BCUT2D eigenvalue weighted by atomic mass is 9.83. The lowest BCUT2D eigenvalue weighted by Gasteiger charge is -2.27. The van der Waals surface area contributed by atoms with Crippen molar-refractivity contribution < 1.29 is 14.7 Å². The smallest absolute Gasteiger partial charge is 0.336 e. The maximum atomic E-state index is 11.8. The van der Waals surface area contributed by atoms with E-state index < -0.39 is 11.9 Å². The molecule has 0 aliphatic heterocycles. The molecule has 1 heterocycles. The summed E-state index contributed by atoms with van der Waals surface area (Å²) in [6.07, 6.45) is 3.90. The first-order valence-electron chi connectivity index (χ1n) is 7.41. The number of aromatic nitrogens is 1. The fourth-order valence-corrected chi connectivity index (χ4v) is 3.08. The van der Waals surface area contributed by atoms with Gasteiger partial charge in [0, 0.05) is 12.2 Å². The standard InChI is InChI=1S/C17H17N3O3/c18-16(21)15-12(17(22)23)7-5-10-4-6-11(9-13(10)15)20-14-3-1-2-8-19-14/h1-3,5,7-8,11H,4,6,9H2,(H2,18,21)(H,19,20)(H,22,23). The van der Waals surface area contributed by atoms with Gasteiger partial charge in [-0.1, -0.05) is 12.1 Å². The largest absolute Gasteiger partial charge is 0.478 e. The Bertz CT molecular complexity index is 759. The van der Waals surface area contributed by atoms with Crippen LogP contribution in [-0.4, -0.2) is 28.0 Å². The highest BCUT2D eigenvalue weighted by Crippen LogP contribution is 2.28. The van der Waals surface area contributed by atoms with Crippen molar-refractivity contribution in [3.05, 3.63) is 58.8 Å². The Morgan fingerprint density at radius 1 is 1.26 bits per heavy atom. The Labute approximate surface area is 133 Å². The third-order valence-electron chi connectivity index (χ3n) is 4.12. The summed E-state index contributed by atoms with van der Waals surface area (Å²) in [5, 5.41) is 12.6. The first kappa shape index (κ1) is 15.0. The number of nitrogens with one attached hydrogen (secondary N) is 1. The van der Waals surface area contributed by atoms with Crippen LogP contribution < -0.4 is 11.1 Å². The van der Waals surface area contributed by atoms with E-state index in [2.05, 4.69) is 10.3 Å². The van der Waals surface area contributed by atoms with Crippen molar-refractivity contribution in [2.24, 2.45) is 5.73 Å². The van der Waals surface area contributed by atoms with Crippen molar-refractivity contribution in [1.82, 2.24) is 4.98 Å². The van der Waals surface area contributed by atoms with Gasteiger partial charge in [0.05, 0.1) is 11.1 Å². The summed E-state index contributed by atoms with van der Waals surface area (Å²) in [5.41, 5.74) is 7.26. The molecule has 6 heteroatoms. The highest BCUT2D eigenvalue weighted by molar-refractivity contribution is 6.05. The average Bonchev–Trinajstić information content (AvgIpc) is 2.54. The Balaban J connectivity index is 1.93. The average molecular weight is 311 g/mol. The number of aryl methyl sites for hydroxylation is 1. The van der Waals surface area contributed by atoms with Crippen LogP contribution in [0.4, 0.5) is 5.82 Å². The van der Waals surface area contributed by atoms with Crippen LogP contribution in [0.25, 0.3) is 0 Å². The number of aromatic carboxylic acids is 1. The van der Waals surface area contributed by atoms with Crippen LogP contribution in [0.3, 0.4) is 0 Å². The number of carbonyl (C=O) groups excluding carboxylic acids is 1. The number of pyridine rings is 1. The van der Waals surface area contributed by atoms with Crippen molar-refractivity contribution >= 4 is 17.7 Å². The van der Waals surface area contributed by atoms with Gasteiger partial charge in [-0.3, -0.25) is 4.79 Å². The molecule has 6 nitrogen and oxygen atoms in total. The minimum atomic E-state index is -1.14. The second-order valence-corrected chi connectivity index (χ2v) is 5.59. The zero-order valence-corrected chi connectivity index (χ0v) is 12.5. The molecule has 3 rings (SSSR count). The number of hydrogen-bond acceptors (Lipinski definition) is 4. The molecular formula is C17H17N3O3. The molecule has 2 aromatic rings. The van der Waals surface area contributed by atoms with E-state index in [9.17, 15) is 14.7 Å². The molecule has 0 bridgehead atoms. The Morgan fingerprint density at radius 3 is 2.74 bits per heavy atom. The molecule has 1 unspecified atom stereocenters. The molecule has 4 N–H and O–H groups in total. The highest BCUT2D eigenvalue weighted by Gasteiger charge is 2.27. The van der Waals surface area contributed by atoms with E-state index in [1.807, 2.05) is 18.2 Å². The van der Waals surface area contributed by atoms with Gasteiger partial charge in [0.1, 0.15) is 5.82 Å². The summed E-state index contributed by atoms with van der Waals surface area (Å²) >= 11 is 0. The van der Waals surface area contributed by atoms with E-state index in [4.69, 9.17) is 5.73 Å². The molecule has 0 saturated carbocycles. The summed E-state index contributed by atoms with van der Waals surface area (Å²) in [6, 6.07) is 8.93. The molecule has 1 amide bonds. The van der Waals surface area contributed by atoms with E-state index >= 15 is 0 Å². The van der Waals surface area contributed by atoms with Crippen molar-refractivity contribution in [1.29, 1.82) is 0 Å². The van der Waals surface area contributed by atoms with Gasteiger partial charge in [-0.15, -0.1) is 0 Å². The van der Waals surface area contributed by atoms with Crippen molar-refractivity contribution in [3.8, 4) is 0 Å². The van der Waals surface area contributed by atoms with Gasteiger partial charge in [0.15, 0.2) is 0 Å². The molecule has 23 heavy (non-hydrogen) atoms. The number of fused-ring (bicyclic) bond motifs is 1. The third-order valence-corrected chi connectivity index (χ3v) is 4.12. The maximum absolute atomic E-state index is 11.8. The van der Waals surface area contributed by atoms with Crippen LogP contribution in [0, 0.1) is 0 Å². The van der Waals surface area contributed by atoms with E-state index in [0.29, 0.717) is 6.42 Å². The number of primary amides is 1. The number of carboxylic acids is 1. The molecule has 1 aliphatic rings. The molecular weight excluding hydrogens is 294 g/mol. The zero-order valence-electron chi connectivity index (χ0n) is 12.5. The van der Waals surface area contributed by atoms with Crippen LogP contribution in [0.15, 0.2) is 36.5 Å². The number of rotatable bonds is 4. The van der Waals surface area contributed by atoms with Gasteiger partial charge in [-0.05, 0) is 48.6 Å². The lowest BCUT2D eigenvalue weighted by Crippen LogP contribution is -2.31. The van der Waals surface area contributed by atoms with Gasteiger partial charge in [-0.25, -0.2) is 9.78 Å². The van der Waals surface area contributed by atoms with Gasteiger partial charge in [-0.2, -0.15) is 0 Å². The van der Waals surface area contributed by atoms with Crippen LogP contribution in [0.5, 0.6) is 0 Å². The fraction of sp³-hybridized carbons (Fsp3) is 0.235. The first-order valence-corrected chi connectivity index (χ1v) is 7.41. The summed E-state index contributed by atoms with van der Waals surface area (Å²) < 4.78 is 0. The molecule has 1 atom stereocenters. The molecule has 0 radical (unpaired) electrons. The van der Waals surface area contributed by atoms with Crippen molar-refractivity contribution in [2.45, 2.75) is 25.3 Å². The summed E-state index contributed by atoms with van der Waals surface area (Å²) in [7, 11) is 0. The minimum Gasteiger partial charge on any atom is -0.478 e. The van der Waals surface area contributed by atoms with Gasteiger partial charge < -0.3 is 16.2 Å². The number of nitrogens with zero attached hydrogens (tertiary/aromatic N) is 1. The molecule has 118 valence electrons. The molecule has 1 aliphatic carbocycles. The quantitative estimate of drug-likeness (QED) is 0.799. The predicted octanol–water partition coefficient (Wildman–Crippen LogP) is 1.85. The summed E-state index contributed by atoms with van der Waals surface area (Å²) in [5.74, 6) is -1.07. The number of carboxylic acid groups (broad SMARTS) is 1. The Kier molecular flexibility index (Phi) is 3.97. The summed E-state index contributed by atoms with van der Waals surface area (Å²) in [6.45, 7) is 0. The van der Waals surface area contributed by atoms with Crippen LogP contribution in [-0.2, 0) is 12.8 Å². The molecule has 1 aromatic carbocycles. The molecule has 0 fully saturated rings. The van der Waals surface area contributed by atoms with E-state index in [-0.39, 0.29) is 17.2 Å². The van der Waals surface area contributed by atoms with Crippen molar-refractivity contribution in [2.75, 3.05) is 5.32 Å². The van der Waals surface area contributed by atoms with E-state index in [1.54, 1.807) is 12.3 Å². The number of benzene rings is 1. The maximum Gasteiger partial charge on any atom is 0.336 e. The molecule has 0 spiro atoms. The monoisotopic (exact) mass is 311 g/mol.